The number of fused-ring (bicyclic) bond motifs is 1. The van der Waals surface area contributed by atoms with Gasteiger partial charge in [0.15, 0.2) is 23.7 Å². The Kier molecular flexibility index (Phi) is 5.71. The molecule has 0 aliphatic carbocycles. The summed E-state index contributed by atoms with van der Waals surface area (Å²) in [5, 5.41) is 4.90. The fourth-order valence-corrected chi connectivity index (χ4v) is 2.42. The van der Waals surface area contributed by atoms with Crippen LogP contribution in [0.25, 0.3) is 11.0 Å². The van der Waals surface area contributed by atoms with Crippen molar-refractivity contribution in [3.05, 3.63) is 60.1 Å². The maximum absolute atomic E-state index is 13.1. The minimum absolute atomic E-state index is 0.270. The number of hydrazone groups is 1. The third-order valence-corrected chi connectivity index (χ3v) is 3.68. The van der Waals surface area contributed by atoms with Crippen molar-refractivity contribution in [1.29, 1.82) is 0 Å². The first-order valence-corrected chi connectivity index (χ1v) is 8.44. The maximum atomic E-state index is 13.1. The number of carbonyl (C=O) groups is 1. The molecule has 2 aromatic carbocycles. The van der Waals surface area contributed by atoms with Gasteiger partial charge in [-0.05, 0) is 38.1 Å². The second kappa shape index (κ2) is 8.35. The molecule has 140 valence electrons. The van der Waals surface area contributed by atoms with E-state index in [4.69, 9.17) is 13.9 Å². The molecule has 0 spiro atoms. The van der Waals surface area contributed by atoms with E-state index in [1.165, 1.54) is 18.2 Å². The molecule has 0 unspecified atom stereocenters. The van der Waals surface area contributed by atoms with Crippen molar-refractivity contribution in [3.8, 4) is 11.5 Å². The van der Waals surface area contributed by atoms with E-state index in [0.717, 1.165) is 5.39 Å². The van der Waals surface area contributed by atoms with Crippen LogP contribution in [-0.4, -0.2) is 24.8 Å². The predicted molar refractivity (Wildman–Crippen MR) is 99.6 cm³/mol. The average Bonchev–Trinajstić information content (AvgIpc) is 3.10. The van der Waals surface area contributed by atoms with E-state index < -0.39 is 11.7 Å². The summed E-state index contributed by atoms with van der Waals surface area (Å²) in [6.07, 6.45) is 0. The van der Waals surface area contributed by atoms with Crippen LogP contribution in [0.4, 0.5) is 4.39 Å². The third-order valence-electron chi connectivity index (χ3n) is 3.68. The zero-order chi connectivity index (χ0) is 19.2. The van der Waals surface area contributed by atoms with Crippen LogP contribution in [0.5, 0.6) is 11.5 Å². The Bertz CT molecular complexity index is 981. The molecule has 0 fully saturated rings. The van der Waals surface area contributed by atoms with E-state index in [1.807, 2.05) is 31.2 Å². The number of halogens is 1. The summed E-state index contributed by atoms with van der Waals surface area (Å²) in [5.41, 5.74) is 3.51. The van der Waals surface area contributed by atoms with Gasteiger partial charge in [-0.1, -0.05) is 18.2 Å². The molecule has 3 rings (SSSR count). The summed E-state index contributed by atoms with van der Waals surface area (Å²) < 4.78 is 29.6. The van der Waals surface area contributed by atoms with Gasteiger partial charge in [0.05, 0.1) is 6.61 Å². The van der Waals surface area contributed by atoms with E-state index in [9.17, 15) is 9.18 Å². The van der Waals surface area contributed by atoms with Gasteiger partial charge in [-0.3, -0.25) is 4.79 Å². The molecule has 0 atom stereocenters. The number of amides is 1. The maximum Gasteiger partial charge on any atom is 0.277 e. The van der Waals surface area contributed by atoms with Crippen molar-refractivity contribution < 1.29 is 23.1 Å². The van der Waals surface area contributed by atoms with Crippen LogP contribution in [-0.2, 0) is 4.79 Å². The van der Waals surface area contributed by atoms with Gasteiger partial charge in [-0.2, -0.15) is 5.10 Å². The lowest BCUT2D eigenvalue weighted by Gasteiger charge is -2.05. The lowest BCUT2D eigenvalue weighted by Crippen LogP contribution is -2.25. The number of hydrogen-bond acceptors (Lipinski definition) is 5. The van der Waals surface area contributed by atoms with Crippen LogP contribution in [0.3, 0.4) is 0 Å². The molecular weight excluding hydrogens is 351 g/mol. The number of carbonyl (C=O) groups excluding carboxylic acids is 1. The van der Waals surface area contributed by atoms with Gasteiger partial charge < -0.3 is 13.9 Å². The second-order valence-electron chi connectivity index (χ2n) is 5.70. The van der Waals surface area contributed by atoms with Crippen molar-refractivity contribution in [1.82, 2.24) is 5.43 Å². The Morgan fingerprint density at radius 3 is 2.78 bits per heavy atom. The molecule has 0 saturated heterocycles. The lowest BCUT2D eigenvalue weighted by molar-refractivity contribution is -0.123. The van der Waals surface area contributed by atoms with Gasteiger partial charge in [-0.15, -0.1) is 0 Å². The van der Waals surface area contributed by atoms with Crippen LogP contribution in [0.2, 0.25) is 0 Å². The standard InChI is InChI=1S/C20H19FN2O4/c1-3-25-17-9-4-6-14-10-18(27-20(14)17)13(2)22-23-19(24)12-26-16-8-5-7-15(21)11-16/h4-11H,3,12H2,1-2H3,(H,23,24)/b22-13-. The SMILES string of the molecule is CCOc1cccc2cc(/C(C)=N\NC(=O)COc3cccc(F)c3)oc12. The Balaban J connectivity index is 1.64. The molecule has 3 aromatic rings. The van der Waals surface area contributed by atoms with Crippen molar-refractivity contribution in [2.45, 2.75) is 13.8 Å². The summed E-state index contributed by atoms with van der Waals surface area (Å²) in [6, 6.07) is 13.0. The average molecular weight is 370 g/mol. The summed E-state index contributed by atoms with van der Waals surface area (Å²) >= 11 is 0. The fourth-order valence-electron chi connectivity index (χ4n) is 2.42. The molecule has 6 nitrogen and oxygen atoms in total. The highest BCUT2D eigenvalue weighted by molar-refractivity contribution is 6.01. The highest BCUT2D eigenvalue weighted by Gasteiger charge is 2.11. The highest BCUT2D eigenvalue weighted by Crippen LogP contribution is 2.29. The summed E-state index contributed by atoms with van der Waals surface area (Å²) in [7, 11) is 0. The molecule has 0 radical (unpaired) electrons. The van der Waals surface area contributed by atoms with Gasteiger partial charge in [-0.25, -0.2) is 9.82 Å². The van der Waals surface area contributed by atoms with E-state index in [0.29, 0.717) is 29.4 Å². The normalized spacial score (nSPS) is 11.4. The molecule has 0 saturated carbocycles. The highest BCUT2D eigenvalue weighted by atomic mass is 19.1. The van der Waals surface area contributed by atoms with Crippen molar-refractivity contribution in [3.63, 3.8) is 0 Å². The van der Waals surface area contributed by atoms with Crippen LogP contribution in [0.15, 0.2) is 58.0 Å². The van der Waals surface area contributed by atoms with E-state index in [-0.39, 0.29) is 12.4 Å². The number of hydrogen-bond donors (Lipinski definition) is 1. The third kappa shape index (κ3) is 4.63. The van der Waals surface area contributed by atoms with Gasteiger partial charge in [0, 0.05) is 11.5 Å². The number of ether oxygens (including phenoxy) is 2. The second-order valence-corrected chi connectivity index (χ2v) is 5.70. The molecule has 0 bridgehead atoms. The zero-order valence-corrected chi connectivity index (χ0v) is 15.0. The zero-order valence-electron chi connectivity index (χ0n) is 15.0. The van der Waals surface area contributed by atoms with E-state index in [1.54, 1.807) is 13.0 Å². The Hall–Kier alpha value is -3.35. The first-order valence-electron chi connectivity index (χ1n) is 8.44. The summed E-state index contributed by atoms with van der Waals surface area (Å²) in [4.78, 5) is 11.9. The van der Waals surface area contributed by atoms with Crippen LogP contribution < -0.4 is 14.9 Å². The van der Waals surface area contributed by atoms with Crippen LogP contribution in [0.1, 0.15) is 19.6 Å². The molecular formula is C20H19FN2O4. The van der Waals surface area contributed by atoms with Crippen LogP contribution in [0, 0.1) is 5.82 Å². The molecule has 0 aliphatic heterocycles. The molecule has 27 heavy (non-hydrogen) atoms. The first kappa shape index (κ1) is 18.4. The lowest BCUT2D eigenvalue weighted by atomic mass is 10.2. The number of rotatable bonds is 7. The number of benzene rings is 2. The Labute approximate surface area is 155 Å². The van der Waals surface area contributed by atoms with Gasteiger partial charge in [0.25, 0.3) is 5.91 Å². The fraction of sp³-hybridized carbons (Fsp3) is 0.200. The monoisotopic (exact) mass is 370 g/mol. The molecule has 7 heteroatoms. The van der Waals surface area contributed by atoms with Crippen molar-refractivity contribution in [2.75, 3.05) is 13.2 Å². The van der Waals surface area contributed by atoms with Crippen LogP contribution >= 0.6 is 0 Å². The van der Waals surface area contributed by atoms with Gasteiger partial charge >= 0.3 is 0 Å². The van der Waals surface area contributed by atoms with E-state index in [2.05, 4.69) is 10.5 Å². The van der Waals surface area contributed by atoms with Gasteiger partial charge in [0.2, 0.25) is 0 Å². The number of furan rings is 1. The number of para-hydroxylation sites is 1. The van der Waals surface area contributed by atoms with E-state index >= 15 is 0 Å². The minimum atomic E-state index is -0.468. The van der Waals surface area contributed by atoms with Crippen molar-refractivity contribution in [2.24, 2.45) is 5.10 Å². The Morgan fingerprint density at radius 2 is 2.00 bits per heavy atom. The molecule has 0 aliphatic rings. The largest absolute Gasteiger partial charge is 0.490 e. The number of nitrogens with one attached hydrogen (secondary N) is 1. The number of nitrogens with zero attached hydrogens (tertiary/aromatic N) is 1. The molecule has 1 heterocycles. The Morgan fingerprint density at radius 1 is 1.19 bits per heavy atom. The molecule has 1 amide bonds. The predicted octanol–water partition coefficient (Wildman–Crippen LogP) is 3.89. The minimum Gasteiger partial charge on any atom is -0.490 e. The quantitative estimate of drug-likeness (QED) is 0.506. The van der Waals surface area contributed by atoms with Gasteiger partial charge in [0.1, 0.15) is 17.3 Å². The molecule has 1 aromatic heterocycles. The molecule has 1 N–H and O–H groups in total. The summed E-state index contributed by atoms with van der Waals surface area (Å²) in [6.45, 7) is 3.86. The van der Waals surface area contributed by atoms with Crippen molar-refractivity contribution >= 4 is 22.6 Å². The topological polar surface area (TPSA) is 73.1 Å². The summed E-state index contributed by atoms with van der Waals surface area (Å²) in [5.74, 6) is 0.541. The first-order chi connectivity index (χ1) is 13.1. The smallest absolute Gasteiger partial charge is 0.277 e.